The van der Waals surface area contributed by atoms with E-state index in [9.17, 15) is 33.9 Å². The van der Waals surface area contributed by atoms with Crippen LogP contribution in [0.1, 0.15) is 30.3 Å². The predicted molar refractivity (Wildman–Crippen MR) is 152 cm³/mol. The van der Waals surface area contributed by atoms with Gasteiger partial charge in [-0.25, -0.2) is 9.48 Å². The monoisotopic (exact) mass is 613 g/mol. The molecule has 1 atom stereocenters. The van der Waals surface area contributed by atoms with Gasteiger partial charge < -0.3 is 39.9 Å². The summed E-state index contributed by atoms with van der Waals surface area (Å²) in [6.07, 6.45) is -1.02. The average molecular weight is 614 g/mol. The molecule has 3 heterocycles. The number of ether oxygens (including phenoxy) is 2. The Labute approximate surface area is 252 Å². The first-order valence-corrected chi connectivity index (χ1v) is 14.2. The molecule has 2 saturated heterocycles. The van der Waals surface area contributed by atoms with Crippen molar-refractivity contribution in [2.24, 2.45) is 0 Å². The van der Waals surface area contributed by atoms with Gasteiger partial charge in [-0.1, -0.05) is 18.2 Å². The van der Waals surface area contributed by atoms with E-state index in [1.54, 1.807) is 37.3 Å². The lowest BCUT2D eigenvalue weighted by atomic mass is 10.1. The lowest BCUT2D eigenvalue weighted by molar-refractivity contribution is -0.139. The fraction of sp³-hybridized carbons (Fsp3) is 0.464. The molecule has 16 nitrogen and oxygen atoms in total. The van der Waals surface area contributed by atoms with Crippen LogP contribution in [0.4, 0.5) is 4.79 Å². The van der Waals surface area contributed by atoms with Gasteiger partial charge in [0.2, 0.25) is 17.7 Å². The molecule has 4 rings (SSSR count). The molecule has 1 aromatic carbocycles. The lowest BCUT2D eigenvalue weighted by Crippen LogP contribution is -2.56. The van der Waals surface area contributed by atoms with Crippen molar-refractivity contribution < 1.29 is 43.3 Å². The van der Waals surface area contributed by atoms with Crippen LogP contribution in [-0.4, -0.2) is 130 Å². The van der Waals surface area contributed by atoms with E-state index in [1.165, 1.54) is 25.4 Å². The number of rotatable bonds is 11. The molecule has 0 aliphatic carbocycles. The SMILES string of the molecule is CCOC(=O)N1CCN(C(=O)[C@H](CCC(=O)O)NC(=O)c2cc(OCC(=O)N3CCNC(=O)C3)n(-c3ccccc3)n2)CC1. The van der Waals surface area contributed by atoms with E-state index in [2.05, 4.69) is 15.7 Å². The summed E-state index contributed by atoms with van der Waals surface area (Å²) >= 11 is 0. The Kier molecular flexibility index (Phi) is 10.7. The molecule has 0 bridgehead atoms. The number of hydrogen-bond donors (Lipinski definition) is 3. The van der Waals surface area contributed by atoms with Gasteiger partial charge in [-0.3, -0.25) is 24.0 Å². The standard InChI is InChI=1S/C28H35N7O9/c1-2-43-28(42)33-14-12-32(13-15-33)27(41)20(8-9-25(38)39)30-26(40)21-16-24(35(31-21)19-6-4-3-5-7-19)44-18-23(37)34-11-10-29-22(36)17-34/h3-7,16,20H,2,8-15,17-18H2,1H3,(H,29,36)(H,30,40)(H,38,39)/t20-/m0/s1. The molecule has 5 amide bonds. The van der Waals surface area contributed by atoms with Crippen molar-refractivity contribution in [3.05, 3.63) is 42.1 Å². The number of aliphatic carboxylic acids is 1. The number of hydrogen-bond acceptors (Lipinski definition) is 9. The Morgan fingerprint density at radius 2 is 1.73 bits per heavy atom. The molecule has 2 aliphatic heterocycles. The van der Waals surface area contributed by atoms with Crippen LogP contribution in [0.5, 0.6) is 5.88 Å². The van der Waals surface area contributed by atoms with Gasteiger partial charge >= 0.3 is 12.1 Å². The first-order valence-electron chi connectivity index (χ1n) is 14.2. The van der Waals surface area contributed by atoms with Crippen molar-refractivity contribution in [2.45, 2.75) is 25.8 Å². The van der Waals surface area contributed by atoms with Gasteiger partial charge in [0.05, 0.1) is 18.8 Å². The summed E-state index contributed by atoms with van der Waals surface area (Å²) in [5.41, 5.74) is 0.401. The largest absolute Gasteiger partial charge is 0.481 e. The lowest BCUT2D eigenvalue weighted by Gasteiger charge is -2.35. The quantitative estimate of drug-likeness (QED) is 0.297. The summed E-state index contributed by atoms with van der Waals surface area (Å²) in [6.45, 7) is 2.92. The van der Waals surface area contributed by atoms with Crippen LogP contribution >= 0.6 is 0 Å². The molecule has 0 unspecified atom stereocenters. The van der Waals surface area contributed by atoms with E-state index < -0.39 is 42.4 Å². The molecule has 0 saturated carbocycles. The van der Waals surface area contributed by atoms with Gasteiger partial charge in [0.25, 0.3) is 11.8 Å². The third-order valence-electron chi connectivity index (χ3n) is 7.01. The van der Waals surface area contributed by atoms with Gasteiger partial charge in [0.15, 0.2) is 12.3 Å². The number of amides is 5. The summed E-state index contributed by atoms with van der Waals surface area (Å²) < 4.78 is 12.1. The molecular formula is C28H35N7O9. The topological polar surface area (TPSA) is 193 Å². The van der Waals surface area contributed by atoms with E-state index in [4.69, 9.17) is 9.47 Å². The van der Waals surface area contributed by atoms with Gasteiger partial charge in [0, 0.05) is 51.8 Å². The van der Waals surface area contributed by atoms with Crippen LogP contribution in [0.25, 0.3) is 5.69 Å². The second-order valence-corrected chi connectivity index (χ2v) is 10.0. The number of nitrogens with one attached hydrogen (secondary N) is 2. The number of aromatic nitrogens is 2. The number of carbonyl (C=O) groups is 6. The summed E-state index contributed by atoms with van der Waals surface area (Å²) in [5.74, 6) is -3.00. The fourth-order valence-corrected chi connectivity index (χ4v) is 4.71. The third kappa shape index (κ3) is 8.23. The first kappa shape index (κ1) is 31.8. The van der Waals surface area contributed by atoms with E-state index in [-0.39, 0.29) is 69.7 Å². The average Bonchev–Trinajstić information content (AvgIpc) is 3.46. The molecule has 44 heavy (non-hydrogen) atoms. The zero-order valence-electron chi connectivity index (χ0n) is 24.3. The highest BCUT2D eigenvalue weighted by Gasteiger charge is 2.32. The van der Waals surface area contributed by atoms with E-state index >= 15 is 0 Å². The van der Waals surface area contributed by atoms with Crippen molar-refractivity contribution in [2.75, 3.05) is 59.0 Å². The summed E-state index contributed by atoms with van der Waals surface area (Å²) in [7, 11) is 0. The maximum Gasteiger partial charge on any atom is 0.409 e. The highest BCUT2D eigenvalue weighted by Crippen LogP contribution is 2.20. The molecule has 3 N–H and O–H groups in total. The predicted octanol–water partition coefficient (Wildman–Crippen LogP) is -0.527. The normalized spacial score (nSPS) is 15.7. The highest BCUT2D eigenvalue weighted by atomic mass is 16.6. The second kappa shape index (κ2) is 14.8. The van der Waals surface area contributed by atoms with Crippen LogP contribution in [0.15, 0.2) is 36.4 Å². The Hall–Kier alpha value is -5.15. The van der Waals surface area contributed by atoms with Crippen molar-refractivity contribution in [3.8, 4) is 11.6 Å². The van der Waals surface area contributed by atoms with E-state index in [0.717, 1.165) is 0 Å². The minimum absolute atomic E-state index is 0.0691. The number of para-hydroxylation sites is 1. The van der Waals surface area contributed by atoms with E-state index in [0.29, 0.717) is 18.8 Å². The second-order valence-electron chi connectivity index (χ2n) is 10.0. The maximum absolute atomic E-state index is 13.4. The Balaban J connectivity index is 1.48. The Bertz CT molecular complexity index is 1370. The van der Waals surface area contributed by atoms with Crippen LogP contribution in [0.2, 0.25) is 0 Å². The molecule has 1 aromatic heterocycles. The zero-order chi connectivity index (χ0) is 31.6. The number of carbonyl (C=O) groups excluding carboxylic acids is 5. The Morgan fingerprint density at radius 3 is 2.39 bits per heavy atom. The van der Waals surface area contributed by atoms with Gasteiger partial charge in [0.1, 0.15) is 6.04 Å². The van der Waals surface area contributed by atoms with Crippen molar-refractivity contribution in [1.82, 2.24) is 35.1 Å². The molecule has 2 aliphatic rings. The number of nitrogens with zero attached hydrogens (tertiary/aromatic N) is 5. The van der Waals surface area contributed by atoms with Crippen LogP contribution in [0.3, 0.4) is 0 Å². The highest BCUT2D eigenvalue weighted by molar-refractivity contribution is 5.96. The zero-order valence-corrected chi connectivity index (χ0v) is 24.3. The maximum atomic E-state index is 13.4. The summed E-state index contributed by atoms with van der Waals surface area (Å²) in [4.78, 5) is 78.8. The van der Waals surface area contributed by atoms with Gasteiger partial charge in [-0.05, 0) is 25.5 Å². The minimum Gasteiger partial charge on any atom is -0.481 e. The molecule has 2 aromatic rings. The smallest absolute Gasteiger partial charge is 0.409 e. The van der Waals surface area contributed by atoms with Crippen LogP contribution < -0.4 is 15.4 Å². The molecule has 0 spiro atoms. The fourth-order valence-electron chi connectivity index (χ4n) is 4.71. The van der Waals surface area contributed by atoms with Crippen LogP contribution in [0, 0.1) is 0 Å². The summed E-state index contributed by atoms with van der Waals surface area (Å²) in [6, 6.07) is 8.86. The molecule has 236 valence electrons. The molecule has 16 heteroatoms. The van der Waals surface area contributed by atoms with Crippen LogP contribution in [-0.2, 0) is 23.9 Å². The van der Waals surface area contributed by atoms with Crippen molar-refractivity contribution in [1.29, 1.82) is 0 Å². The molecular weight excluding hydrogens is 578 g/mol. The number of carboxylic acids is 1. The molecule has 2 fully saturated rings. The first-order chi connectivity index (χ1) is 21.2. The molecule has 0 radical (unpaired) electrons. The van der Waals surface area contributed by atoms with Gasteiger partial charge in [-0.15, -0.1) is 0 Å². The van der Waals surface area contributed by atoms with Gasteiger partial charge in [-0.2, -0.15) is 5.10 Å². The van der Waals surface area contributed by atoms with Crippen molar-refractivity contribution in [3.63, 3.8) is 0 Å². The Morgan fingerprint density at radius 1 is 1.02 bits per heavy atom. The summed E-state index contributed by atoms with van der Waals surface area (Å²) in [5, 5.41) is 18.8. The van der Waals surface area contributed by atoms with E-state index in [1.807, 2.05) is 0 Å². The van der Waals surface area contributed by atoms with Crippen molar-refractivity contribution >= 4 is 35.7 Å². The minimum atomic E-state index is -1.18. The number of piperazine rings is 2. The third-order valence-corrected chi connectivity index (χ3v) is 7.01. The number of carboxylic acid groups (broad SMARTS) is 1. The number of benzene rings is 1.